The Balaban J connectivity index is 1.77. The van der Waals surface area contributed by atoms with Gasteiger partial charge < -0.3 is 23.4 Å². The van der Waals surface area contributed by atoms with E-state index in [0.29, 0.717) is 19.6 Å². The SMILES string of the molecule is COc1ccc(-c2ncccc2N2CCN(C(=O)OC(C)(C)C)[C@@H](C(C)(C)O[Si]C(C)(C)C)C2)c(-n2c(C)ccc2C)c1. The van der Waals surface area contributed by atoms with E-state index >= 15 is 0 Å². The number of amides is 1. The third-order valence-corrected chi connectivity index (χ3v) is 8.77. The number of methoxy groups -OCH3 is 1. The first kappa shape index (κ1) is 32.6. The highest BCUT2D eigenvalue weighted by Crippen LogP contribution is 2.38. The van der Waals surface area contributed by atoms with E-state index in [2.05, 4.69) is 88.3 Å². The Kier molecular flexibility index (Phi) is 9.37. The summed E-state index contributed by atoms with van der Waals surface area (Å²) in [5.74, 6) is 0.786. The van der Waals surface area contributed by atoms with Gasteiger partial charge in [-0.2, -0.15) is 0 Å². The topological polar surface area (TPSA) is 69.1 Å². The molecular formula is C34H48N4O4Si. The lowest BCUT2D eigenvalue weighted by atomic mass is 9.94. The first-order valence-electron chi connectivity index (χ1n) is 15.0. The molecule has 4 rings (SSSR count). The van der Waals surface area contributed by atoms with Crippen LogP contribution in [0.4, 0.5) is 10.5 Å². The average Bonchev–Trinajstić information content (AvgIpc) is 3.27. The lowest BCUT2D eigenvalue weighted by molar-refractivity contribution is -0.0296. The Morgan fingerprint density at radius 2 is 1.60 bits per heavy atom. The number of hydrogen-bond acceptors (Lipinski definition) is 6. The van der Waals surface area contributed by atoms with Gasteiger partial charge in [0, 0.05) is 48.8 Å². The van der Waals surface area contributed by atoms with Crippen LogP contribution in [0.5, 0.6) is 5.75 Å². The fourth-order valence-corrected chi connectivity index (χ4v) is 6.13. The van der Waals surface area contributed by atoms with Crippen molar-refractivity contribution in [3.8, 4) is 22.7 Å². The summed E-state index contributed by atoms with van der Waals surface area (Å²) >= 11 is 0. The van der Waals surface area contributed by atoms with E-state index in [-0.39, 0.29) is 26.9 Å². The lowest BCUT2D eigenvalue weighted by Gasteiger charge is -2.49. The van der Waals surface area contributed by atoms with Gasteiger partial charge in [-0.25, -0.2) is 4.79 Å². The molecule has 1 aliphatic rings. The number of piperazine rings is 1. The van der Waals surface area contributed by atoms with E-state index in [1.54, 1.807) is 7.11 Å². The molecule has 0 spiro atoms. The Hall–Kier alpha value is -3.30. The molecule has 232 valence electrons. The molecule has 1 atom stereocenters. The molecule has 1 fully saturated rings. The number of ether oxygens (including phenoxy) is 2. The molecule has 9 heteroatoms. The zero-order chi connectivity index (χ0) is 31.7. The highest BCUT2D eigenvalue weighted by atomic mass is 28.2. The molecule has 0 N–H and O–H groups in total. The quantitative estimate of drug-likeness (QED) is 0.265. The number of anilines is 1. The maximum absolute atomic E-state index is 13.5. The molecule has 0 saturated carbocycles. The molecular weight excluding hydrogens is 556 g/mol. The number of aromatic nitrogens is 2. The second-order valence-electron chi connectivity index (χ2n) is 13.9. The normalized spacial score (nSPS) is 16.4. The monoisotopic (exact) mass is 604 g/mol. The minimum Gasteiger partial charge on any atom is -0.497 e. The largest absolute Gasteiger partial charge is 0.497 e. The van der Waals surface area contributed by atoms with Gasteiger partial charge in [0.15, 0.2) is 0 Å². The van der Waals surface area contributed by atoms with Gasteiger partial charge in [0.1, 0.15) is 11.4 Å². The summed E-state index contributed by atoms with van der Waals surface area (Å²) in [5.41, 5.74) is 4.98. The van der Waals surface area contributed by atoms with Crippen molar-refractivity contribution < 1.29 is 18.7 Å². The molecule has 43 heavy (non-hydrogen) atoms. The average molecular weight is 605 g/mol. The molecule has 8 nitrogen and oxygen atoms in total. The fourth-order valence-electron chi connectivity index (χ4n) is 5.42. The van der Waals surface area contributed by atoms with Crippen molar-refractivity contribution in [2.45, 2.75) is 91.5 Å². The summed E-state index contributed by atoms with van der Waals surface area (Å²) in [4.78, 5) is 22.6. The summed E-state index contributed by atoms with van der Waals surface area (Å²) in [5, 5.41) is 0.0123. The minimum atomic E-state index is -0.617. The lowest BCUT2D eigenvalue weighted by Crippen LogP contribution is -2.64. The zero-order valence-corrected chi connectivity index (χ0v) is 28.7. The van der Waals surface area contributed by atoms with Crippen molar-refractivity contribution in [2.75, 3.05) is 31.6 Å². The van der Waals surface area contributed by atoms with Gasteiger partial charge in [-0.05, 0) is 89.9 Å². The summed E-state index contributed by atoms with van der Waals surface area (Å²) in [6.07, 6.45) is 1.53. The van der Waals surface area contributed by atoms with Crippen molar-refractivity contribution in [1.82, 2.24) is 14.5 Å². The number of hydrogen-bond donors (Lipinski definition) is 0. The first-order valence-corrected chi connectivity index (χ1v) is 15.9. The molecule has 2 aromatic heterocycles. The van der Waals surface area contributed by atoms with E-state index in [1.807, 2.05) is 44.0 Å². The maximum Gasteiger partial charge on any atom is 0.410 e. The van der Waals surface area contributed by atoms with E-state index in [0.717, 1.165) is 39.8 Å². The van der Waals surface area contributed by atoms with Gasteiger partial charge in [-0.3, -0.25) is 9.88 Å². The van der Waals surface area contributed by atoms with E-state index in [1.165, 1.54) is 0 Å². The Morgan fingerprint density at radius 1 is 0.930 bits per heavy atom. The van der Waals surface area contributed by atoms with Gasteiger partial charge >= 0.3 is 6.09 Å². The van der Waals surface area contributed by atoms with E-state index in [4.69, 9.17) is 18.9 Å². The van der Waals surface area contributed by atoms with Crippen LogP contribution in [-0.2, 0) is 9.16 Å². The third kappa shape index (κ3) is 7.62. The Labute approximate surface area is 260 Å². The highest BCUT2D eigenvalue weighted by Gasteiger charge is 2.44. The number of benzene rings is 1. The van der Waals surface area contributed by atoms with Gasteiger partial charge in [0.2, 0.25) is 9.76 Å². The molecule has 1 amide bonds. The van der Waals surface area contributed by atoms with Gasteiger partial charge in [-0.1, -0.05) is 20.8 Å². The van der Waals surface area contributed by atoms with Gasteiger partial charge in [0.25, 0.3) is 0 Å². The van der Waals surface area contributed by atoms with Crippen LogP contribution < -0.4 is 9.64 Å². The van der Waals surface area contributed by atoms with Crippen molar-refractivity contribution in [1.29, 1.82) is 0 Å². The molecule has 3 heterocycles. The van der Waals surface area contributed by atoms with Crippen molar-refractivity contribution in [3.63, 3.8) is 0 Å². The maximum atomic E-state index is 13.5. The molecule has 2 radical (unpaired) electrons. The van der Waals surface area contributed by atoms with Crippen LogP contribution in [0.25, 0.3) is 16.9 Å². The Morgan fingerprint density at radius 3 is 2.21 bits per heavy atom. The Bertz CT molecular complexity index is 1420. The van der Waals surface area contributed by atoms with Crippen LogP contribution in [0, 0.1) is 13.8 Å². The minimum absolute atomic E-state index is 0.0123. The number of rotatable bonds is 7. The number of pyridine rings is 1. The molecule has 0 aliphatic carbocycles. The third-order valence-electron chi connectivity index (χ3n) is 7.53. The van der Waals surface area contributed by atoms with Gasteiger partial charge in [0.05, 0.1) is 35.8 Å². The number of nitrogens with zero attached hydrogens (tertiary/aromatic N) is 4. The van der Waals surface area contributed by atoms with Crippen LogP contribution >= 0.6 is 0 Å². The van der Waals surface area contributed by atoms with Crippen LogP contribution in [-0.4, -0.2) is 74.3 Å². The highest BCUT2D eigenvalue weighted by molar-refractivity contribution is 6.31. The molecule has 1 saturated heterocycles. The van der Waals surface area contributed by atoms with Crippen LogP contribution in [0.1, 0.15) is 66.8 Å². The van der Waals surface area contributed by atoms with Crippen molar-refractivity contribution in [3.05, 3.63) is 60.0 Å². The second-order valence-corrected chi connectivity index (χ2v) is 15.8. The van der Waals surface area contributed by atoms with Crippen molar-refractivity contribution >= 4 is 21.5 Å². The summed E-state index contributed by atoms with van der Waals surface area (Å²) in [6.45, 7) is 22.3. The summed E-state index contributed by atoms with van der Waals surface area (Å²) < 4.78 is 20.3. The second kappa shape index (κ2) is 12.4. The standard InChI is InChI=1S/C34H48N4O4Si/c1-23-14-15-24(2)38(23)28-21-25(40-11)16-17-26(28)30-27(13-12-18-35-30)36-19-20-37(31(39)41-32(3,4)5)29(22-36)34(9,10)42-43-33(6,7)8/h12-18,21,29H,19-20,22H2,1-11H3/t29-/m1/s1. The zero-order valence-electron chi connectivity index (χ0n) is 27.7. The predicted molar refractivity (Wildman–Crippen MR) is 175 cm³/mol. The molecule has 1 aromatic carbocycles. The van der Waals surface area contributed by atoms with Crippen LogP contribution in [0.3, 0.4) is 0 Å². The van der Waals surface area contributed by atoms with E-state index in [9.17, 15) is 4.79 Å². The molecule has 0 unspecified atom stereocenters. The van der Waals surface area contributed by atoms with Gasteiger partial charge in [-0.15, -0.1) is 0 Å². The number of carbonyl (C=O) groups is 1. The fraction of sp³-hybridized carbons (Fsp3) is 0.529. The predicted octanol–water partition coefficient (Wildman–Crippen LogP) is 7.22. The van der Waals surface area contributed by atoms with Crippen LogP contribution in [0.2, 0.25) is 5.04 Å². The van der Waals surface area contributed by atoms with Crippen LogP contribution in [0.15, 0.2) is 48.7 Å². The summed E-state index contributed by atoms with van der Waals surface area (Å²) in [7, 11) is 1.97. The smallest absolute Gasteiger partial charge is 0.410 e. The molecule has 1 aliphatic heterocycles. The molecule has 3 aromatic rings. The van der Waals surface area contributed by atoms with Crippen molar-refractivity contribution in [2.24, 2.45) is 0 Å². The van der Waals surface area contributed by atoms with E-state index < -0.39 is 11.2 Å². The summed E-state index contributed by atoms with van der Waals surface area (Å²) in [6, 6.07) is 14.2. The first-order chi connectivity index (χ1) is 20.0. The number of aryl methyl sites for hydroxylation is 2. The number of carbonyl (C=O) groups excluding carboxylic acids is 1. The molecule has 0 bridgehead atoms.